The molecule has 16 heavy (non-hydrogen) atoms. The molecule has 0 bridgehead atoms. The Balaban J connectivity index is 3.04. The number of hydrogen-bond donors (Lipinski definition) is 1. The summed E-state index contributed by atoms with van der Waals surface area (Å²) < 4.78 is 0. The van der Waals surface area contributed by atoms with Crippen LogP contribution < -0.4 is 0 Å². The maximum Gasteiger partial charge on any atom is 0.169 e. The highest BCUT2D eigenvalue weighted by molar-refractivity contribution is 8.04. The lowest BCUT2D eigenvalue weighted by molar-refractivity contribution is -0.113. The predicted molar refractivity (Wildman–Crippen MR) is 68.3 cm³/mol. The number of hydrogen-bond acceptors (Lipinski definition) is 3. The Morgan fingerprint density at radius 2 is 1.94 bits per heavy atom. The average Bonchev–Trinajstić information content (AvgIpc) is 2.15. The number of ketones is 1. The molecule has 2 nitrogen and oxygen atoms in total. The lowest BCUT2D eigenvalue weighted by Crippen LogP contribution is -1.96. The van der Waals surface area contributed by atoms with Gasteiger partial charge in [0.1, 0.15) is 5.76 Å². The Hall–Kier alpha value is -0.640. The Kier molecular flexibility index (Phi) is 4.71. The Labute approximate surface area is 108 Å². The molecule has 5 heteroatoms. The second-order valence-corrected chi connectivity index (χ2v) is 5.04. The predicted octanol–water partition coefficient (Wildman–Crippen LogP) is 4.46. The van der Waals surface area contributed by atoms with Gasteiger partial charge in [0.25, 0.3) is 0 Å². The lowest BCUT2D eigenvalue weighted by atomic mass is 10.3. The molecule has 1 rings (SSSR count). The van der Waals surface area contributed by atoms with Crippen LogP contribution >= 0.6 is 35.0 Å². The first-order valence-electron chi connectivity index (χ1n) is 4.45. The molecule has 1 N–H and O–H groups in total. The third-order valence-corrected chi connectivity index (χ3v) is 3.78. The second kappa shape index (κ2) is 5.62. The first-order chi connectivity index (χ1) is 7.41. The molecule has 0 atom stereocenters. The molecule has 1 aromatic carbocycles. The number of allylic oxidation sites excluding steroid dienone is 2. The number of aliphatic hydroxyl groups is 1. The fourth-order valence-electron chi connectivity index (χ4n) is 1.07. The lowest BCUT2D eigenvalue weighted by Gasteiger charge is -2.06. The summed E-state index contributed by atoms with van der Waals surface area (Å²) in [5.74, 6) is -0.209. The van der Waals surface area contributed by atoms with E-state index in [9.17, 15) is 9.90 Å². The summed E-state index contributed by atoms with van der Waals surface area (Å²) in [7, 11) is 0. The number of aliphatic hydroxyl groups excluding tert-OH is 1. The minimum Gasteiger partial charge on any atom is -0.511 e. The van der Waals surface area contributed by atoms with Crippen molar-refractivity contribution in [1.29, 1.82) is 0 Å². The van der Waals surface area contributed by atoms with Gasteiger partial charge in [0.05, 0.1) is 9.93 Å². The first kappa shape index (κ1) is 13.4. The summed E-state index contributed by atoms with van der Waals surface area (Å²) in [6.07, 6.45) is 0. The van der Waals surface area contributed by atoms with Gasteiger partial charge in [0.2, 0.25) is 0 Å². The van der Waals surface area contributed by atoms with Gasteiger partial charge in [-0.05, 0) is 32.0 Å². The molecular formula is C11H10Cl2O2S. The fourth-order valence-corrected chi connectivity index (χ4v) is 2.40. The van der Waals surface area contributed by atoms with Gasteiger partial charge in [-0.3, -0.25) is 4.79 Å². The van der Waals surface area contributed by atoms with Crippen LogP contribution in [0.25, 0.3) is 0 Å². The highest BCUT2D eigenvalue weighted by atomic mass is 35.5. The normalized spacial score (nSPS) is 12.2. The minimum atomic E-state index is -0.198. The van der Waals surface area contributed by atoms with Gasteiger partial charge >= 0.3 is 0 Å². The minimum absolute atomic E-state index is 0.0106. The van der Waals surface area contributed by atoms with E-state index in [0.717, 1.165) is 11.8 Å². The molecular weight excluding hydrogens is 267 g/mol. The summed E-state index contributed by atoms with van der Waals surface area (Å²) in [5, 5.41) is 10.3. The molecule has 0 saturated heterocycles. The van der Waals surface area contributed by atoms with Crippen LogP contribution in [0.1, 0.15) is 13.8 Å². The molecule has 0 unspecified atom stereocenters. The summed E-state index contributed by atoms with van der Waals surface area (Å²) in [6.45, 7) is 2.86. The number of rotatable bonds is 3. The van der Waals surface area contributed by atoms with E-state index in [1.54, 1.807) is 18.2 Å². The van der Waals surface area contributed by atoms with Crippen LogP contribution in [0, 0.1) is 0 Å². The van der Waals surface area contributed by atoms with Crippen molar-refractivity contribution in [3.05, 3.63) is 38.9 Å². The number of carbonyl (C=O) groups is 1. The molecule has 0 aliphatic carbocycles. The number of carbonyl (C=O) groups excluding carboxylic acids is 1. The number of thioether (sulfide) groups is 1. The van der Waals surface area contributed by atoms with Crippen LogP contribution in [0.3, 0.4) is 0 Å². The van der Waals surface area contributed by atoms with E-state index in [1.165, 1.54) is 13.8 Å². The Morgan fingerprint density at radius 3 is 2.38 bits per heavy atom. The Bertz CT molecular complexity index is 451. The molecule has 0 amide bonds. The van der Waals surface area contributed by atoms with E-state index >= 15 is 0 Å². The van der Waals surface area contributed by atoms with Gasteiger partial charge in [-0.1, -0.05) is 35.0 Å². The van der Waals surface area contributed by atoms with E-state index < -0.39 is 0 Å². The van der Waals surface area contributed by atoms with Crippen molar-refractivity contribution < 1.29 is 9.90 Å². The maximum absolute atomic E-state index is 11.3. The van der Waals surface area contributed by atoms with Gasteiger partial charge in [-0.15, -0.1) is 0 Å². The molecule has 0 saturated carbocycles. The second-order valence-electron chi connectivity index (χ2n) is 3.15. The van der Waals surface area contributed by atoms with Crippen molar-refractivity contribution in [2.24, 2.45) is 0 Å². The summed E-state index contributed by atoms with van der Waals surface area (Å²) in [5.41, 5.74) is 0. The van der Waals surface area contributed by atoms with Gasteiger partial charge in [0, 0.05) is 9.92 Å². The van der Waals surface area contributed by atoms with Crippen molar-refractivity contribution in [2.45, 2.75) is 18.7 Å². The van der Waals surface area contributed by atoms with Gasteiger partial charge in [-0.25, -0.2) is 0 Å². The standard InChI is InChI=1S/C11H10Cl2O2S/c1-6(14)11(7(2)15)16-10-4-3-8(12)5-9(10)13/h3-5,14H,1-2H3/b11-6+. The van der Waals surface area contributed by atoms with Crippen molar-refractivity contribution in [1.82, 2.24) is 0 Å². The van der Waals surface area contributed by atoms with E-state index in [1.807, 2.05) is 0 Å². The highest BCUT2D eigenvalue weighted by Crippen LogP contribution is 2.35. The monoisotopic (exact) mass is 276 g/mol. The molecule has 0 aliphatic heterocycles. The van der Waals surface area contributed by atoms with Crippen LogP contribution in [-0.4, -0.2) is 10.9 Å². The van der Waals surface area contributed by atoms with Crippen LogP contribution in [0.4, 0.5) is 0 Å². The van der Waals surface area contributed by atoms with Gasteiger partial charge < -0.3 is 5.11 Å². The molecule has 0 heterocycles. The molecule has 0 fully saturated rings. The molecule has 0 radical (unpaired) electrons. The number of benzene rings is 1. The smallest absolute Gasteiger partial charge is 0.169 e. The first-order valence-corrected chi connectivity index (χ1v) is 6.02. The van der Waals surface area contributed by atoms with E-state index in [4.69, 9.17) is 23.2 Å². The Morgan fingerprint density at radius 1 is 1.31 bits per heavy atom. The zero-order valence-corrected chi connectivity index (χ0v) is 11.1. The SMILES string of the molecule is CC(=O)/C(Sc1ccc(Cl)cc1Cl)=C(/C)O. The van der Waals surface area contributed by atoms with Gasteiger partial charge in [-0.2, -0.15) is 0 Å². The zero-order valence-electron chi connectivity index (χ0n) is 8.75. The van der Waals surface area contributed by atoms with E-state index in [-0.39, 0.29) is 16.4 Å². The molecule has 1 aromatic rings. The topological polar surface area (TPSA) is 37.3 Å². The summed E-state index contributed by atoms with van der Waals surface area (Å²) in [6, 6.07) is 4.98. The van der Waals surface area contributed by atoms with Crippen molar-refractivity contribution in [3.63, 3.8) is 0 Å². The van der Waals surface area contributed by atoms with Crippen molar-refractivity contribution in [3.8, 4) is 0 Å². The third-order valence-electron chi connectivity index (χ3n) is 1.75. The van der Waals surface area contributed by atoms with E-state index in [0.29, 0.717) is 14.9 Å². The number of Topliss-reactive ketones (excluding diaryl/α,β-unsaturated/α-hetero) is 1. The van der Waals surface area contributed by atoms with Crippen LogP contribution in [0.5, 0.6) is 0 Å². The molecule has 0 spiro atoms. The molecule has 0 aliphatic rings. The van der Waals surface area contributed by atoms with Crippen LogP contribution in [0.15, 0.2) is 33.8 Å². The third kappa shape index (κ3) is 3.44. The highest BCUT2D eigenvalue weighted by Gasteiger charge is 2.12. The maximum atomic E-state index is 11.3. The van der Waals surface area contributed by atoms with Crippen molar-refractivity contribution >= 4 is 40.7 Å². The van der Waals surface area contributed by atoms with Crippen molar-refractivity contribution in [2.75, 3.05) is 0 Å². The molecule has 86 valence electrons. The summed E-state index contributed by atoms with van der Waals surface area (Å²) in [4.78, 5) is 12.2. The largest absolute Gasteiger partial charge is 0.511 e. The number of halogens is 2. The van der Waals surface area contributed by atoms with Crippen LogP contribution in [-0.2, 0) is 4.79 Å². The fraction of sp³-hybridized carbons (Fsp3) is 0.182. The van der Waals surface area contributed by atoms with Crippen LogP contribution in [0.2, 0.25) is 10.0 Å². The van der Waals surface area contributed by atoms with Gasteiger partial charge in [0.15, 0.2) is 5.78 Å². The molecule has 0 aromatic heterocycles. The average molecular weight is 277 g/mol. The van der Waals surface area contributed by atoms with E-state index in [2.05, 4.69) is 0 Å². The quantitative estimate of drug-likeness (QED) is 0.503. The summed E-state index contributed by atoms with van der Waals surface area (Å²) >= 11 is 12.8. The zero-order chi connectivity index (χ0) is 12.3.